The summed E-state index contributed by atoms with van der Waals surface area (Å²) in [6, 6.07) is 13.6. The SMILES string of the molecule is CC(C)(C)OC(=O)NC1CC2CCC(C1)N2Cc1ccc([C@H]2COc3cccnc3O2)cc1. The number of hydrogen-bond acceptors (Lipinski definition) is 6. The van der Waals surface area contributed by atoms with Gasteiger partial charge in [-0.1, -0.05) is 24.3 Å². The van der Waals surface area contributed by atoms with Crippen LogP contribution in [0, 0.1) is 0 Å². The van der Waals surface area contributed by atoms with E-state index in [1.807, 2.05) is 32.9 Å². The fraction of sp³-hybridized carbons (Fsp3) is 0.538. The lowest BCUT2D eigenvalue weighted by atomic mass is 9.96. The van der Waals surface area contributed by atoms with E-state index in [0.29, 0.717) is 30.3 Å². The lowest BCUT2D eigenvalue weighted by molar-refractivity contribution is 0.0436. The van der Waals surface area contributed by atoms with Crippen molar-refractivity contribution in [1.29, 1.82) is 0 Å². The number of nitrogens with zero attached hydrogens (tertiary/aromatic N) is 2. The molecule has 2 unspecified atom stereocenters. The summed E-state index contributed by atoms with van der Waals surface area (Å²) in [5.41, 5.74) is 1.92. The Morgan fingerprint density at radius 3 is 2.58 bits per heavy atom. The maximum Gasteiger partial charge on any atom is 0.407 e. The lowest BCUT2D eigenvalue weighted by Gasteiger charge is -2.39. The van der Waals surface area contributed by atoms with Crippen molar-refractivity contribution in [3.05, 3.63) is 53.7 Å². The Hall–Kier alpha value is -2.80. The Morgan fingerprint density at radius 2 is 1.88 bits per heavy atom. The lowest BCUT2D eigenvalue weighted by Crippen LogP contribution is -2.50. The van der Waals surface area contributed by atoms with Crippen LogP contribution >= 0.6 is 0 Å². The van der Waals surface area contributed by atoms with E-state index in [-0.39, 0.29) is 18.2 Å². The van der Waals surface area contributed by atoms with Crippen molar-refractivity contribution in [1.82, 2.24) is 15.2 Å². The van der Waals surface area contributed by atoms with Gasteiger partial charge in [0.25, 0.3) is 5.88 Å². The zero-order chi connectivity index (χ0) is 23.0. The van der Waals surface area contributed by atoms with Gasteiger partial charge >= 0.3 is 6.09 Å². The third-order valence-corrected chi connectivity index (χ3v) is 6.70. The minimum absolute atomic E-state index is 0.146. The Bertz CT molecular complexity index is 974. The van der Waals surface area contributed by atoms with Crippen LogP contribution in [0.5, 0.6) is 11.6 Å². The van der Waals surface area contributed by atoms with Gasteiger partial charge in [0.1, 0.15) is 12.2 Å². The molecule has 1 aromatic carbocycles. The number of aromatic nitrogens is 1. The summed E-state index contributed by atoms with van der Waals surface area (Å²) in [4.78, 5) is 19.1. The number of rotatable bonds is 4. The smallest absolute Gasteiger partial charge is 0.407 e. The first-order valence-electron chi connectivity index (χ1n) is 11.9. The molecule has 3 aliphatic rings. The maximum absolute atomic E-state index is 12.2. The topological polar surface area (TPSA) is 72.9 Å². The molecular formula is C26H33N3O4. The molecule has 2 fully saturated rings. The molecule has 2 saturated heterocycles. The number of carbonyl (C=O) groups is 1. The number of hydrogen-bond donors (Lipinski definition) is 1. The number of carbonyl (C=O) groups excluding carboxylic acids is 1. The normalized spacial score (nSPS) is 26.6. The number of nitrogens with one attached hydrogen (secondary N) is 1. The van der Waals surface area contributed by atoms with Gasteiger partial charge < -0.3 is 19.5 Å². The van der Waals surface area contributed by atoms with E-state index >= 15 is 0 Å². The Labute approximate surface area is 195 Å². The molecular weight excluding hydrogens is 418 g/mol. The van der Waals surface area contributed by atoms with E-state index in [9.17, 15) is 4.79 Å². The van der Waals surface area contributed by atoms with E-state index in [0.717, 1.165) is 24.9 Å². The zero-order valence-electron chi connectivity index (χ0n) is 19.6. The molecule has 3 atom stereocenters. The number of piperidine rings is 1. The number of ether oxygens (including phenoxy) is 3. The van der Waals surface area contributed by atoms with Gasteiger partial charge in [0, 0.05) is 30.9 Å². The van der Waals surface area contributed by atoms with Gasteiger partial charge in [-0.2, -0.15) is 0 Å². The summed E-state index contributed by atoms with van der Waals surface area (Å²) in [5.74, 6) is 1.25. The second-order valence-electron chi connectivity index (χ2n) is 10.3. The van der Waals surface area contributed by atoms with Crippen molar-refractivity contribution in [2.75, 3.05) is 6.61 Å². The van der Waals surface area contributed by atoms with Crippen LogP contribution in [0.2, 0.25) is 0 Å². The summed E-state index contributed by atoms with van der Waals surface area (Å²) in [5, 5.41) is 3.09. The molecule has 176 valence electrons. The fourth-order valence-corrected chi connectivity index (χ4v) is 5.25. The molecule has 5 rings (SSSR count). The average Bonchev–Trinajstić information content (AvgIpc) is 3.00. The predicted molar refractivity (Wildman–Crippen MR) is 124 cm³/mol. The average molecular weight is 452 g/mol. The highest BCUT2D eigenvalue weighted by Crippen LogP contribution is 2.38. The summed E-state index contributed by atoms with van der Waals surface area (Å²) in [6.45, 7) is 7.11. The quantitative estimate of drug-likeness (QED) is 0.732. The van der Waals surface area contributed by atoms with Gasteiger partial charge in [0.15, 0.2) is 11.9 Å². The molecule has 0 saturated carbocycles. The van der Waals surface area contributed by atoms with Gasteiger partial charge in [-0.3, -0.25) is 4.90 Å². The molecule has 0 radical (unpaired) electrons. The second kappa shape index (κ2) is 8.86. The van der Waals surface area contributed by atoms with Crippen molar-refractivity contribution in [3.63, 3.8) is 0 Å². The number of alkyl carbamates (subject to hydrolysis) is 1. The molecule has 0 spiro atoms. The van der Waals surface area contributed by atoms with Crippen molar-refractivity contribution < 1.29 is 19.0 Å². The van der Waals surface area contributed by atoms with Crippen molar-refractivity contribution in [3.8, 4) is 11.6 Å². The number of amides is 1. The second-order valence-corrected chi connectivity index (χ2v) is 10.3. The zero-order valence-corrected chi connectivity index (χ0v) is 19.6. The molecule has 0 aliphatic carbocycles. The fourth-order valence-electron chi connectivity index (χ4n) is 5.25. The predicted octanol–water partition coefficient (Wildman–Crippen LogP) is 4.61. The van der Waals surface area contributed by atoms with Crippen LogP contribution in [0.1, 0.15) is 63.7 Å². The molecule has 4 heterocycles. The highest BCUT2D eigenvalue weighted by Gasteiger charge is 2.41. The summed E-state index contributed by atoms with van der Waals surface area (Å²) in [6.07, 6.45) is 5.61. The first kappa shape index (κ1) is 22.0. The van der Waals surface area contributed by atoms with E-state index in [4.69, 9.17) is 14.2 Å². The van der Waals surface area contributed by atoms with Crippen LogP contribution in [-0.4, -0.2) is 46.3 Å². The van der Waals surface area contributed by atoms with Crippen LogP contribution in [0.3, 0.4) is 0 Å². The highest BCUT2D eigenvalue weighted by molar-refractivity contribution is 5.68. The van der Waals surface area contributed by atoms with Crippen molar-refractivity contribution >= 4 is 6.09 Å². The first-order valence-corrected chi connectivity index (χ1v) is 11.9. The molecule has 2 aromatic rings. The van der Waals surface area contributed by atoms with Crippen molar-refractivity contribution in [2.24, 2.45) is 0 Å². The third kappa shape index (κ3) is 5.08. The van der Waals surface area contributed by atoms with Gasteiger partial charge in [-0.15, -0.1) is 0 Å². The largest absolute Gasteiger partial charge is 0.484 e. The van der Waals surface area contributed by atoms with Crippen molar-refractivity contribution in [2.45, 2.75) is 82.8 Å². The summed E-state index contributed by atoms with van der Waals surface area (Å²) < 4.78 is 17.3. The molecule has 1 N–H and O–H groups in total. The van der Waals surface area contributed by atoms with E-state index in [2.05, 4.69) is 39.5 Å². The van der Waals surface area contributed by atoms with Crippen LogP contribution in [-0.2, 0) is 11.3 Å². The van der Waals surface area contributed by atoms with Gasteiger partial charge in [-0.05, 0) is 69.7 Å². The van der Waals surface area contributed by atoms with Crippen LogP contribution < -0.4 is 14.8 Å². The molecule has 7 nitrogen and oxygen atoms in total. The van der Waals surface area contributed by atoms with Crippen LogP contribution in [0.15, 0.2) is 42.6 Å². The Morgan fingerprint density at radius 1 is 1.15 bits per heavy atom. The summed E-state index contributed by atoms with van der Waals surface area (Å²) >= 11 is 0. The van der Waals surface area contributed by atoms with E-state index in [1.165, 1.54) is 18.4 Å². The number of benzene rings is 1. The Balaban J connectivity index is 1.17. The van der Waals surface area contributed by atoms with Crippen LogP contribution in [0.4, 0.5) is 4.79 Å². The maximum atomic E-state index is 12.2. The van der Waals surface area contributed by atoms with E-state index in [1.54, 1.807) is 6.20 Å². The van der Waals surface area contributed by atoms with Crippen LogP contribution in [0.25, 0.3) is 0 Å². The first-order chi connectivity index (χ1) is 15.8. The standard InChI is InChI=1S/C26H33N3O4/c1-26(2,3)33-25(30)28-19-13-20-10-11-21(14-19)29(20)15-17-6-8-18(9-7-17)23-16-31-22-5-4-12-27-24(22)32-23/h4-9,12,19-21,23H,10-11,13-16H2,1-3H3,(H,28,30)/t19?,20?,21?,23-/m1/s1. The molecule has 7 heteroatoms. The van der Waals surface area contributed by atoms with E-state index < -0.39 is 5.60 Å². The number of pyridine rings is 1. The monoisotopic (exact) mass is 451 g/mol. The highest BCUT2D eigenvalue weighted by atomic mass is 16.6. The molecule has 33 heavy (non-hydrogen) atoms. The minimum atomic E-state index is -0.468. The minimum Gasteiger partial charge on any atom is -0.484 e. The third-order valence-electron chi connectivity index (χ3n) is 6.70. The molecule has 1 amide bonds. The Kier molecular flexibility index (Phi) is 5.91. The molecule has 3 aliphatic heterocycles. The van der Waals surface area contributed by atoms with Gasteiger partial charge in [0.2, 0.25) is 0 Å². The number of fused-ring (bicyclic) bond motifs is 3. The van der Waals surface area contributed by atoms with Gasteiger partial charge in [-0.25, -0.2) is 9.78 Å². The van der Waals surface area contributed by atoms with Gasteiger partial charge in [0.05, 0.1) is 0 Å². The molecule has 2 bridgehead atoms. The molecule has 1 aromatic heterocycles. The summed E-state index contributed by atoms with van der Waals surface area (Å²) in [7, 11) is 0.